The quantitative estimate of drug-likeness (QED) is 0.174. The minimum atomic E-state index is -2.43. The molecular formula is C57H56N4O3. The molecule has 6 aromatic heterocycles. The smallest absolute Gasteiger partial charge is 0.227 e. The van der Waals surface area contributed by atoms with Crippen LogP contribution >= 0.6 is 0 Å². The van der Waals surface area contributed by atoms with E-state index in [1.807, 2.05) is 113 Å². The Bertz CT molecular complexity index is 3660. The van der Waals surface area contributed by atoms with Crippen LogP contribution in [0.4, 0.5) is 0 Å². The Labute approximate surface area is 388 Å². The highest BCUT2D eigenvalue weighted by molar-refractivity contribution is 6.09. The van der Waals surface area contributed by atoms with Gasteiger partial charge in [0, 0.05) is 82.0 Å². The molecule has 0 N–H and O–H groups in total. The van der Waals surface area contributed by atoms with E-state index in [2.05, 4.69) is 19.9 Å². The fourth-order valence-corrected chi connectivity index (χ4v) is 7.86. The highest BCUT2D eigenvalue weighted by Crippen LogP contribution is 2.38. The first-order valence-electron chi connectivity index (χ1n) is 25.5. The number of rotatable bonds is 4. The van der Waals surface area contributed by atoms with Gasteiger partial charge in [0.25, 0.3) is 0 Å². The Kier molecular flexibility index (Phi) is 9.66. The number of aryl methyl sites for hydroxylation is 8. The van der Waals surface area contributed by atoms with Gasteiger partial charge >= 0.3 is 0 Å². The van der Waals surface area contributed by atoms with Crippen LogP contribution in [0, 0.1) is 55.2 Å². The zero-order valence-corrected chi connectivity index (χ0v) is 35.9. The van der Waals surface area contributed by atoms with E-state index in [-0.39, 0.29) is 18.6 Å². The molecule has 1 aliphatic heterocycles. The molecule has 0 unspecified atom stereocenters. The molecule has 0 spiro atoms. The second-order valence-corrected chi connectivity index (χ2v) is 16.1. The van der Waals surface area contributed by atoms with Gasteiger partial charge in [0.05, 0.1) is 11.4 Å². The Morgan fingerprint density at radius 2 is 0.922 bits per heavy atom. The van der Waals surface area contributed by atoms with E-state index in [4.69, 9.17) is 25.9 Å². The third kappa shape index (κ3) is 8.69. The van der Waals surface area contributed by atoms with E-state index in [0.29, 0.717) is 50.5 Å². The van der Waals surface area contributed by atoms with Crippen molar-refractivity contribution in [3.05, 3.63) is 166 Å². The molecule has 1 aliphatic rings. The number of pyridine rings is 4. The lowest BCUT2D eigenvalue weighted by molar-refractivity contribution is 0.198. The van der Waals surface area contributed by atoms with Crippen molar-refractivity contribution < 1.29 is 25.9 Å². The van der Waals surface area contributed by atoms with E-state index in [1.165, 1.54) is 19.0 Å². The normalized spacial score (nSPS) is 14.9. The average Bonchev–Trinajstić information content (AvgIpc) is 4.11. The largest absolute Gasteiger partial charge is 0.437 e. The van der Waals surface area contributed by atoms with Crippen molar-refractivity contribution in [2.24, 2.45) is 0 Å². The van der Waals surface area contributed by atoms with Crippen molar-refractivity contribution in [2.75, 3.05) is 13.2 Å². The molecular weight excluding hydrogens is 789 g/mol. The molecule has 0 atom stereocenters. The van der Waals surface area contributed by atoms with Gasteiger partial charge in [0.15, 0.2) is 0 Å². The molecule has 0 amide bonds. The number of fused-ring (bicyclic) bond motifs is 6. The predicted molar refractivity (Wildman–Crippen MR) is 265 cm³/mol. The Balaban J connectivity index is 0.000000176. The van der Waals surface area contributed by atoms with E-state index in [1.54, 1.807) is 37.3 Å². The van der Waals surface area contributed by atoms with Crippen LogP contribution in [-0.4, -0.2) is 33.1 Å². The van der Waals surface area contributed by atoms with Gasteiger partial charge in [-0.3, -0.25) is 9.97 Å². The third-order valence-corrected chi connectivity index (χ3v) is 11.5. The van der Waals surface area contributed by atoms with Gasteiger partial charge < -0.3 is 13.6 Å². The molecule has 11 rings (SSSR count). The van der Waals surface area contributed by atoms with E-state index in [9.17, 15) is 0 Å². The van der Waals surface area contributed by atoms with E-state index in [0.717, 1.165) is 85.2 Å². The summed E-state index contributed by atoms with van der Waals surface area (Å²) in [6.45, 7) is 4.46. The van der Waals surface area contributed by atoms with E-state index >= 15 is 0 Å². The van der Waals surface area contributed by atoms with Gasteiger partial charge in [0.1, 0.15) is 11.2 Å². The van der Waals surface area contributed by atoms with Gasteiger partial charge in [0.2, 0.25) is 11.4 Å². The molecule has 0 radical (unpaired) electrons. The molecule has 322 valence electrons. The van der Waals surface area contributed by atoms with Crippen molar-refractivity contribution in [1.29, 1.82) is 0 Å². The van der Waals surface area contributed by atoms with Crippen molar-refractivity contribution in [1.82, 2.24) is 19.9 Å². The Morgan fingerprint density at radius 3 is 1.38 bits per heavy atom. The fraction of sp³-hybridized carbons (Fsp3) is 0.228. The third-order valence-electron chi connectivity index (χ3n) is 11.5. The first-order chi connectivity index (χ1) is 34.2. The monoisotopic (exact) mass is 853 g/mol. The Hall–Kier alpha value is -6.96. The summed E-state index contributed by atoms with van der Waals surface area (Å²) in [6.07, 6.45) is 5.72. The number of nitrogens with zero attached hydrogens (tertiary/aromatic N) is 4. The summed E-state index contributed by atoms with van der Waals surface area (Å²) in [5.74, 6) is 0. The van der Waals surface area contributed by atoms with Crippen LogP contribution in [0.2, 0.25) is 0 Å². The molecule has 7 heteroatoms. The lowest BCUT2D eigenvalue weighted by Gasteiger charge is -2.11. The number of aromatic nitrogens is 4. The second kappa shape index (κ2) is 18.4. The second-order valence-electron chi connectivity index (χ2n) is 16.1. The first kappa shape index (κ1) is 33.6. The maximum Gasteiger partial charge on any atom is 0.227 e. The summed E-state index contributed by atoms with van der Waals surface area (Å²) in [7, 11) is 0. The highest BCUT2D eigenvalue weighted by Gasteiger charge is 2.17. The fourth-order valence-electron chi connectivity index (χ4n) is 7.86. The molecule has 7 nitrogen and oxygen atoms in total. The highest BCUT2D eigenvalue weighted by atomic mass is 16.5. The van der Waals surface area contributed by atoms with Crippen LogP contribution < -0.4 is 0 Å². The maximum absolute atomic E-state index is 8.04. The summed E-state index contributed by atoms with van der Waals surface area (Å²) < 4.78 is 88.5. The van der Waals surface area contributed by atoms with Crippen LogP contribution in [0.3, 0.4) is 0 Å². The van der Waals surface area contributed by atoms with Gasteiger partial charge in [-0.15, -0.1) is 0 Å². The standard InChI is InChI=1S/2C26H22N2O.C4H8O.CH4/c2*1-15-8-10-19(12-16(15)2)23-13-24(27-14-17(23)3)22-7-5-6-20-21-11-9-18(4)28-26(21)29-25(20)22;1-2-4-5-3-1;/h2*5-14H,1-4H3;1-4H2;1H4/i2D3,3D3;2D3;;. The topological polar surface area (TPSA) is 87.1 Å². The summed E-state index contributed by atoms with van der Waals surface area (Å²) >= 11 is 0. The lowest BCUT2D eigenvalue weighted by Crippen LogP contribution is -1.91. The molecule has 64 heavy (non-hydrogen) atoms. The maximum atomic E-state index is 8.04. The van der Waals surface area contributed by atoms with Crippen LogP contribution in [0.1, 0.15) is 77.4 Å². The summed E-state index contributed by atoms with van der Waals surface area (Å²) in [4.78, 5) is 18.2. The molecule has 0 saturated carbocycles. The molecule has 1 saturated heterocycles. The minimum Gasteiger partial charge on any atom is -0.437 e. The molecule has 0 bridgehead atoms. The number of benzene rings is 4. The first-order valence-corrected chi connectivity index (χ1v) is 21.0. The number of ether oxygens (including phenoxy) is 1. The van der Waals surface area contributed by atoms with Crippen LogP contribution in [0.5, 0.6) is 0 Å². The predicted octanol–water partition coefficient (Wildman–Crippen LogP) is 15.3. The van der Waals surface area contributed by atoms with E-state index < -0.39 is 20.6 Å². The van der Waals surface area contributed by atoms with Gasteiger partial charge in [-0.25, -0.2) is 9.97 Å². The van der Waals surface area contributed by atoms with Crippen LogP contribution in [-0.2, 0) is 4.74 Å². The molecule has 7 heterocycles. The zero-order valence-electron chi connectivity index (χ0n) is 44.9. The molecule has 1 fully saturated rings. The van der Waals surface area contributed by atoms with Gasteiger partial charge in [-0.1, -0.05) is 68.1 Å². The Morgan fingerprint density at radius 1 is 0.453 bits per heavy atom. The molecule has 4 aromatic carbocycles. The zero-order chi connectivity index (χ0) is 51.3. The number of para-hydroxylation sites is 2. The summed E-state index contributed by atoms with van der Waals surface area (Å²) in [5.41, 5.74) is 12.8. The minimum absolute atomic E-state index is 0. The molecule has 0 aliphatic carbocycles. The average molecular weight is 854 g/mol. The van der Waals surface area contributed by atoms with Crippen molar-refractivity contribution in [3.8, 4) is 44.8 Å². The molecule has 10 aromatic rings. The SMILES string of the molecule is C.C1CCOC1.[2H]C([2H])([2H])c1cc(-c2cc(-c3cccc4c3oc3nc(C)ccc34)ncc2C([2H])([2H])[2H])ccc1C.[2H]C([2H])([2H])c1cc(-c2cc(-c3cccc4c3oc3nc(C)ccc34)ncc2C)ccc1C. The van der Waals surface area contributed by atoms with Gasteiger partial charge in [-0.05, 0) is 172 Å². The number of hydrogen-bond donors (Lipinski definition) is 0. The van der Waals surface area contributed by atoms with Crippen molar-refractivity contribution in [3.63, 3.8) is 0 Å². The summed E-state index contributed by atoms with van der Waals surface area (Å²) in [6, 6.07) is 33.9. The van der Waals surface area contributed by atoms with Crippen molar-refractivity contribution >= 4 is 44.1 Å². The van der Waals surface area contributed by atoms with Gasteiger partial charge in [-0.2, -0.15) is 0 Å². The lowest BCUT2D eigenvalue weighted by atomic mass is 9.96. The summed E-state index contributed by atoms with van der Waals surface area (Å²) in [5, 5.41) is 3.73. The number of hydrogen-bond acceptors (Lipinski definition) is 7. The van der Waals surface area contributed by atoms with Crippen LogP contribution in [0.15, 0.2) is 130 Å². The number of furan rings is 2. The van der Waals surface area contributed by atoms with Crippen LogP contribution in [0.25, 0.3) is 88.9 Å². The van der Waals surface area contributed by atoms with Crippen molar-refractivity contribution in [2.45, 2.75) is 75.4 Å².